The lowest BCUT2D eigenvalue weighted by atomic mass is 9.92. The zero-order valence-corrected chi connectivity index (χ0v) is 16.7. The molecule has 4 rings (SSSR count). The molecule has 1 atom stereocenters. The van der Waals surface area contributed by atoms with Crippen molar-refractivity contribution in [3.63, 3.8) is 0 Å². The van der Waals surface area contributed by atoms with Crippen LogP contribution in [-0.2, 0) is 16.0 Å². The normalized spacial score (nSPS) is 15.4. The number of carbonyl (C=O) groups excluding carboxylic acids is 2. The van der Waals surface area contributed by atoms with E-state index in [0.717, 1.165) is 39.6 Å². The Hall–Kier alpha value is -2.87. The summed E-state index contributed by atoms with van der Waals surface area (Å²) < 4.78 is 5.28. The van der Waals surface area contributed by atoms with Gasteiger partial charge in [0.1, 0.15) is 18.5 Å². The molecular weight excluding hydrogens is 394 g/mol. The number of aromatic amines is 1. The van der Waals surface area contributed by atoms with Crippen molar-refractivity contribution in [3.8, 4) is 0 Å². The van der Waals surface area contributed by atoms with Gasteiger partial charge in [-0.1, -0.05) is 23.7 Å². The fraction of sp³-hybridized carbons (Fsp3) is 0.238. The summed E-state index contributed by atoms with van der Waals surface area (Å²) in [6.07, 6.45) is 0.376. The predicted molar refractivity (Wildman–Crippen MR) is 111 cm³/mol. The van der Waals surface area contributed by atoms with Crippen molar-refractivity contribution < 1.29 is 19.8 Å². The number of rotatable bonds is 3. The number of aromatic nitrogens is 1. The number of carbonyl (C=O) groups is 2. The van der Waals surface area contributed by atoms with E-state index in [4.69, 9.17) is 21.1 Å². The molecule has 0 saturated heterocycles. The van der Waals surface area contributed by atoms with Gasteiger partial charge in [0, 0.05) is 28.2 Å². The van der Waals surface area contributed by atoms with Crippen LogP contribution in [0.25, 0.3) is 10.9 Å². The summed E-state index contributed by atoms with van der Waals surface area (Å²) in [5.74, 6) is 0. The van der Waals surface area contributed by atoms with E-state index in [-0.39, 0.29) is 12.1 Å². The Morgan fingerprint density at radius 1 is 1.31 bits per heavy atom. The summed E-state index contributed by atoms with van der Waals surface area (Å²) in [4.78, 5) is 25.8. The molecule has 0 aliphatic carbocycles. The van der Waals surface area contributed by atoms with E-state index in [1.54, 1.807) is 24.0 Å². The molecule has 1 unspecified atom stereocenters. The first-order chi connectivity index (χ1) is 14.1. The minimum atomic E-state index is -0.343. The second-order valence-corrected chi connectivity index (χ2v) is 6.97. The number of halogens is 1. The third kappa shape index (κ3) is 3.98. The van der Waals surface area contributed by atoms with Crippen LogP contribution in [0, 0.1) is 5.21 Å². The topological polar surface area (TPSA) is 102 Å². The summed E-state index contributed by atoms with van der Waals surface area (Å²) in [6.45, 7) is 4.67. The highest BCUT2D eigenvalue weighted by Gasteiger charge is 2.35. The number of quaternary nitrogens is 1. The van der Waals surface area contributed by atoms with E-state index in [1.165, 1.54) is 0 Å². The second kappa shape index (κ2) is 9.09. The molecular formula is C21H22ClN3O4. The lowest BCUT2D eigenvalue weighted by molar-refractivity contribution is -0.497. The zero-order valence-electron chi connectivity index (χ0n) is 16.0. The summed E-state index contributed by atoms with van der Waals surface area (Å²) in [7, 11) is 0. The van der Waals surface area contributed by atoms with Crippen LogP contribution < -0.4 is 5.48 Å². The van der Waals surface area contributed by atoms with Gasteiger partial charge in [0.2, 0.25) is 0 Å². The van der Waals surface area contributed by atoms with Crippen LogP contribution in [0.2, 0.25) is 5.02 Å². The third-order valence-corrected chi connectivity index (χ3v) is 5.21. The first-order valence-corrected chi connectivity index (χ1v) is 9.57. The summed E-state index contributed by atoms with van der Waals surface area (Å²) in [5.41, 5.74) is 5.45. The number of amides is 1. The van der Waals surface area contributed by atoms with Crippen molar-refractivity contribution in [1.29, 1.82) is 0 Å². The van der Waals surface area contributed by atoms with Crippen molar-refractivity contribution in [2.45, 2.75) is 19.4 Å². The Bertz CT molecular complexity index is 1000. The molecule has 3 aromatic rings. The van der Waals surface area contributed by atoms with Gasteiger partial charge in [-0.3, -0.25) is 4.90 Å². The smallest absolute Gasteiger partial charge is 0.410 e. The minimum absolute atomic E-state index is 0.306. The summed E-state index contributed by atoms with van der Waals surface area (Å²) in [5, 5.41) is 12.8. The van der Waals surface area contributed by atoms with Crippen LogP contribution in [-0.4, -0.2) is 35.9 Å². The maximum absolute atomic E-state index is 12.6. The fourth-order valence-electron chi connectivity index (χ4n) is 3.77. The molecule has 0 radical (unpaired) electrons. The molecule has 8 heteroatoms. The number of hydrogen-bond donors (Lipinski definition) is 2. The molecule has 29 heavy (non-hydrogen) atoms. The van der Waals surface area contributed by atoms with Crippen molar-refractivity contribution in [3.05, 3.63) is 69.5 Å². The summed E-state index contributed by atoms with van der Waals surface area (Å²) >= 11 is 6.19. The number of nitrogens with zero attached hydrogens (tertiary/aromatic N) is 1. The first kappa shape index (κ1) is 20.9. The highest BCUT2D eigenvalue weighted by Crippen LogP contribution is 2.39. The third-order valence-electron chi connectivity index (χ3n) is 4.98. The van der Waals surface area contributed by atoms with Gasteiger partial charge in [0.15, 0.2) is 0 Å². The number of hydrogen-bond acceptors (Lipinski definition) is 4. The van der Waals surface area contributed by atoms with Gasteiger partial charge in [-0.05, 0) is 54.8 Å². The van der Waals surface area contributed by atoms with Crippen LogP contribution in [0.15, 0.2) is 42.5 Å². The molecule has 152 valence electrons. The monoisotopic (exact) mass is 415 g/mol. The van der Waals surface area contributed by atoms with Gasteiger partial charge in [-0.25, -0.2) is 4.79 Å². The Balaban J connectivity index is 0.00000117. The SMILES string of the molecule is C=O.CCOC(=O)N1CCc2c([nH]c3ccc(Cl)cc23)C1c1ccc([NH2+][O-])cc1. The molecule has 1 amide bonds. The van der Waals surface area contributed by atoms with E-state index in [9.17, 15) is 10.0 Å². The summed E-state index contributed by atoms with van der Waals surface area (Å²) in [6, 6.07) is 12.7. The Morgan fingerprint density at radius 3 is 2.69 bits per heavy atom. The number of nitrogens with one attached hydrogen (secondary N) is 1. The largest absolute Gasteiger partial charge is 0.630 e. The van der Waals surface area contributed by atoms with Crippen molar-refractivity contribution in [1.82, 2.24) is 9.88 Å². The lowest BCUT2D eigenvalue weighted by Crippen LogP contribution is -2.70. The second-order valence-electron chi connectivity index (χ2n) is 6.54. The molecule has 0 spiro atoms. The molecule has 0 fully saturated rings. The number of ether oxygens (including phenoxy) is 1. The van der Waals surface area contributed by atoms with Crippen LogP contribution in [0.4, 0.5) is 10.5 Å². The Labute approximate surface area is 173 Å². The molecule has 3 N–H and O–H groups in total. The lowest BCUT2D eigenvalue weighted by Gasteiger charge is -2.35. The molecule has 0 bridgehead atoms. The van der Waals surface area contributed by atoms with Crippen molar-refractivity contribution in [2.75, 3.05) is 13.2 Å². The van der Waals surface area contributed by atoms with Crippen molar-refractivity contribution >= 4 is 41.1 Å². The maximum atomic E-state index is 12.6. The van der Waals surface area contributed by atoms with Gasteiger partial charge in [-0.2, -0.15) is 0 Å². The average Bonchev–Trinajstić information content (AvgIpc) is 3.12. The first-order valence-electron chi connectivity index (χ1n) is 9.19. The molecule has 7 nitrogen and oxygen atoms in total. The van der Waals surface area contributed by atoms with Gasteiger partial charge in [0.05, 0.1) is 6.61 Å². The van der Waals surface area contributed by atoms with Gasteiger partial charge >= 0.3 is 6.09 Å². The van der Waals surface area contributed by atoms with E-state index in [1.807, 2.05) is 37.1 Å². The van der Waals surface area contributed by atoms with Gasteiger partial charge in [-0.15, -0.1) is 0 Å². The van der Waals surface area contributed by atoms with Crippen LogP contribution >= 0.6 is 11.6 Å². The standard InChI is InChI=1S/C20H20ClN3O3.CH2O/c1-2-27-20(25)24-10-9-15-16-11-13(21)5-8-17(16)22-18(15)19(24)12-3-6-14(23-26)7-4-12;1-2/h3-8,11,19,22H,2,9-10,23H2,1H3;1H2. The number of fused-ring (bicyclic) bond motifs is 3. The quantitative estimate of drug-likeness (QED) is 0.505. The number of H-pyrrole nitrogens is 1. The minimum Gasteiger partial charge on any atom is -0.630 e. The highest BCUT2D eigenvalue weighted by atomic mass is 35.5. The van der Waals surface area contributed by atoms with Crippen LogP contribution in [0.1, 0.15) is 29.8 Å². The van der Waals surface area contributed by atoms with Gasteiger partial charge < -0.3 is 25.2 Å². The molecule has 2 heterocycles. The average molecular weight is 416 g/mol. The zero-order chi connectivity index (χ0) is 21.0. The van der Waals surface area contributed by atoms with E-state index < -0.39 is 0 Å². The Morgan fingerprint density at radius 2 is 2.03 bits per heavy atom. The Kier molecular flexibility index (Phi) is 6.53. The molecule has 1 aromatic heterocycles. The maximum Gasteiger partial charge on any atom is 0.410 e. The van der Waals surface area contributed by atoms with E-state index in [0.29, 0.717) is 23.9 Å². The van der Waals surface area contributed by atoms with Gasteiger partial charge in [0.25, 0.3) is 0 Å². The fourth-order valence-corrected chi connectivity index (χ4v) is 3.94. The number of nitrogens with two attached hydrogens (primary N) is 1. The van der Waals surface area contributed by atoms with Crippen molar-refractivity contribution in [2.24, 2.45) is 0 Å². The number of benzene rings is 2. The highest BCUT2D eigenvalue weighted by molar-refractivity contribution is 6.31. The molecule has 1 aliphatic rings. The molecule has 0 saturated carbocycles. The predicted octanol–water partition coefficient (Wildman–Crippen LogP) is 3.43. The van der Waals surface area contributed by atoms with E-state index in [2.05, 4.69) is 4.98 Å². The molecule has 1 aliphatic heterocycles. The van der Waals surface area contributed by atoms with Crippen LogP contribution in [0.5, 0.6) is 0 Å². The van der Waals surface area contributed by atoms with Crippen LogP contribution in [0.3, 0.4) is 0 Å². The molecule has 2 aromatic carbocycles. The van der Waals surface area contributed by atoms with E-state index >= 15 is 0 Å².